The molecule has 0 saturated carbocycles. The summed E-state index contributed by atoms with van der Waals surface area (Å²) in [5.41, 5.74) is 9.54. The van der Waals surface area contributed by atoms with Crippen LogP contribution in [0.3, 0.4) is 0 Å². The fourth-order valence-electron chi connectivity index (χ4n) is 2.10. The minimum Gasteiger partial charge on any atom is -0.383 e. The van der Waals surface area contributed by atoms with E-state index in [0.29, 0.717) is 17.8 Å². The molecule has 2 rings (SSSR count). The highest BCUT2D eigenvalue weighted by Crippen LogP contribution is 2.14. The monoisotopic (exact) mass is 240 g/mol. The molecule has 3 heteroatoms. The summed E-state index contributed by atoms with van der Waals surface area (Å²) in [4.78, 5) is 16.1. The first-order valence-corrected chi connectivity index (χ1v) is 5.87. The second-order valence-electron chi connectivity index (χ2n) is 4.53. The molecule has 0 aliphatic heterocycles. The van der Waals surface area contributed by atoms with Gasteiger partial charge >= 0.3 is 0 Å². The number of carbonyl (C=O) groups excluding carboxylic acids is 1. The van der Waals surface area contributed by atoms with Crippen molar-refractivity contribution in [2.75, 3.05) is 5.73 Å². The second kappa shape index (κ2) is 5.00. The summed E-state index contributed by atoms with van der Waals surface area (Å²) in [6.07, 6.45) is 1.95. The molecule has 0 saturated heterocycles. The lowest BCUT2D eigenvalue weighted by Crippen LogP contribution is -2.08. The van der Waals surface area contributed by atoms with Crippen LogP contribution < -0.4 is 5.73 Å². The van der Waals surface area contributed by atoms with Crippen molar-refractivity contribution in [3.05, 3.63) is 58.8 Å². The molecule has 0 spiro atoms. The number of ketones is 1. The van der Waals surface area contributed by atoms with Crippen LogP contribution in [0.2, 0.25) is 0 Å². The number of anilines is 1. The van der Waals surface area contributed by atoms with E-state index in [1.807, 2.05) is 26.0 Å². The van der Waals surface area contributed by atoms with Crippen molar-refractivity contribution in [1.29, 1.82) is 0 Å². The van der Waals surface area contributed by atoms with E-state index < -0.39 is 0 Å². The molecule has 0 atom stereocenters. The molecule has 3 nitrogen and oxygen atoms in total. The normalized spacial score (nSPS) is 10.3. The van der Waals surface area contributed by atoms with Gasteiger partial charge in [-0.25, -0.2) is 4.98 Å². The van der Waals surface area contributed by atoms with Crippen LogP contribution >= 0.6 is 0 Å². The van der Waals surface area contributed by atoms with Gasteiger partial charge in [-0.1, -0.05) is 29.3 Å². The molecule has 2 aromatic rings. The van der Waals surface area contributed by atoms with E-state index in [-0.39, 0.29) is 5.78 Å². The number of pyridine rings is 1. The molecule has 0 unspecified atom stereocenters. The summed E-state index contributed by atoms with van der Waals surface area (Å²) in [6.45, 7) is 4.05. The van der Waals surface area contributed by atoms with E-state index in [4.69, 9.17) is 5.73 Å². The molecule has 1 heterocycles. The zero-order valence-corrected chi connectivity index (χ0v) is 10.6. The zero-order valence-electron chi connectivity index (χ0n) is 10.6. The van der Waals surface area contributed by atoms with Gasteiger partial charge in [-0.3, -0.25) is 4.79 Å². The quantitative estimate of drug-likeness (QED) is 0.839. The van der Waals surface area contributed by atoms with Gasteiger partial charge < -0.3 is 5.73 Å². The first kappa shape index (κ1) is 12.3. The van der Waals surface area contributed by atoms with Crippen molar-refractivity contribution in [3.8, 4) is 0 Å². The molecule has 92 valence electrons. The molecule has 18 heavy (non-hydrogen) atoms. The molecule has 0 fully saturated rings. The minimum absolute atomic E-state index is 0.00519. The van der Waals surface area contributed by atoms with Crippen molar-refractivity contribution in [3.63, 3.8) is 0 Å². The topological polar surface area (TPSA) is 56.0 Å². The van der Waals surface area contributed by atoms with Crippen molar-refractivity contribution in [2.24, 2.45) is 0 Å². The van der Waals surface area contributed by atoms with E-state index in [1.54, 1.807) is 18.3 Å². The van der Waals surface area contributed by atoms with Crippen LogP contribution in [-0.2, 0) is 6.42 Å². The summed E-state index contributed by atoms with van der Waals surface area (Å²) < 4.78 is 0. The fourth-order valence-corrected chi connectivity index (χ4v) is 2.10. The third-order valence-corrected chi connectivity index (χ3v) is 2.79. The van der Waals surface area contributed by atoms with Crippen molar-refractivity contribution in [2.45, 2.75) is 20.3 Å². The van der Waals surface area contributed by atoms with Gasteiger partial charge in [-0.05, 0) is 31.5 Å². The maximum absolute atomic E-state index is 12.1. The number of benzene rings is 1. The Morgan fingerprint density at radius 2 is 1.89 bits per heavy atom. The third kappa shape index (κ3) is 2.74. The van der Waals surface area contributed by atoms with Gasteiger partial charge in [0.1, 0.15) is 5.82 Å². The average Bonchev–Trinajstić information content (AvgIpc) is 2.27. The smallest absolute Gasteiger partial charge is 0.170 e. The highest BCUT2D eigenvalue weighted by atomic mass is 16.1. The summed E-state index contributed by atoms with van der Waals surface area (Å²) >= 11 is 0. The number of carbonyl (C=O) groups is 1. The van der Waals surface area contributed by atoms with Crippen molar-refractivity contribution >= 4 is 11.6 Å². The van der Waals surface area contributed by atoms with E-state index in [1.165, 1.54) is 0 Å². The second-order valence-corrected chi connectivity index (χ2v) is 4.53. The Hall–Kier alpha value is -2.16. The Labute approximate surface area is 107 Å². The largest absolute Gasteiger partial charge is 0.383 e. The SMILES string of the molecule is Cc1cc(C)cc(CC(=O)c2cccnc2N)c1. The molecule has 0 amide bonds. The lowest BCUT2D eigenvalue weighted by Gasteiger charge is -2.06. The molecule has 0 radical (unpaired) electrons. The Balaban J connectivity index is 2.24. The first-order chi connectivity index (χ1) is 8.56. The Bertz CT molecular complexity index is 571. The third-order valence-electron chi connectivity index (χ3n) is 2.79. The summed E-state index contributed by atoms with van der Waals surface area (Å²) in [7, 11) is 0. The number of nitrogens with zero attached hydrogens (tertiary/aromatic N) is 1. The number of nitrogens with two attached hydrogens (primary N) is 1. The van der Waals surface area contributed by atoms with Gasteiger partial charge in [-0.15, -0.1) is 0 Å². The summed E-state index contributed by atoms with van der Waals surface area (Å²) in [5, 5.41) is 0. The van der Waals surface area contributed by atoms with Crippen LogP contribution in [0.5, 0.6) is 0 Å². The van der Waals surface area contributed by atoms with E-state index in [0.717, 1.165) is 16.7 Å². The highest BCUT2D eigenvalue weighted by molar-refractivity contribution is 6.01. The van der Waals surface area contributed by atoms with Gasteiger partial charge in [0.25, 0.3) is 0 Å². The van der Waals surface area contributed by atoms with Crippen LogP contribution in [0.1, 0.15) is 27.0 Å². The molecule has 1 aromatic heterocycles. The lowest BCUT2D eigenvalue weighted by molar-refractivity contribution is 0.0993. The molecule has 0 aliphatic carbocycles. The molecule has 0 bridgehead atoms. The number of aryl methyl sites for hydroxylation is 2. The predicted molar refractivity (Wildman–Crippen MR) is 72.6 cm³/mol. The van der Waals surface area contributed by atoms with E-state index in [2.05, 4.69) is 11.1 Å². The molecular weight excluding hydrogens is 224 g/mol. The van der Waals surface area contributed by atoms with Crippen LogP contribution in [0.4, 0.5) is 5.82 Å². The summed E-state index contributed by atoms with van der Waals surface area (Å²) in [5.74, 6) is 0.303. The van der Waals surface area contributed by atoms with Crippen molar-refractivity contribution in [1.82, 2.24) is 4.98 Å². The van der Waals surface area contributed by atoms with Crippen molar-refractivity contribution < 1.29 is 4.79 Å². The van der Waals surface area contributed by atoms with Crippen LogP contribution in [0.15, 0.2) is 36.5 Å². The van der Waals surface area contributed by atoms with Crippen LogP contribution in [0, 0.1) is 13.8 Å². The number of hydrogen-bond acceptors (Lipinski definition) is 3. The number of aromatic nitrogens is 1. The van der Waals surface area contributed by atoms with Gasteiger partial charge in [0.05, 0.1) is 5.56 Å². The highest BCUT2D eigenvalue weighted by Gasteiger charge is 2.11. The molecule has 1 aromatic carbocycles. The average molecular weight is 240 g/mol. The predicted octanol–water partition coefficient (Wildman–Crippen LogP) is 2.71. The van der Waals surface area contributed by atoms with Gasteiger partial charge in [0, 0.05) is 12.6 Å². The van der Waals surface area contributed by atoms with Gasteiger partial charge in [0.15, 0.2) is 5.78 Å². The summed E-state index contributed by atoms with van der Waals surface area (Å²) in [6, 6.07) is 9.58. The Morgan fingerprint density at radius 1 is 1.22 bits per heavy atom. The van der Waals surface area contributed by atoms with E-state index >= 15 is 0 Å². The number of nitrogen functional groups attached to an aromatic ring is 1. The Morgan fingerprint density at radius 3 is 2.50 bits per heavy atom. The minimum atomic E-state index is 0.00519. The van der Waals surface area contributed by atoms with Gasteiger partial charge in [-0.2, -0.15) is 0 Å². The standard InChI is InChI=1S/C15H16N2O/c1-10-6-11(2)8-12(7-10)9-14(18)13-4-3-5-17-15(13)16/h3-8H,9H2,1-2H3,(H2,16,17). The first-order valence-electron chi connectivity index (χ1n) is 5.87. The lowest BCUT2D eigenvalue weighted by atomic mass is 10.00. The van der Waals surface area contributed by atoms with Gasteiger partial charge in [0.2, 0.25) is 0 Å². The number of Topliss-reactive ketones (excluding diaryl/α,β-unsaturated/α-hetero) is 1. The van der Waals surface area contributed by atoms with E-state index in [9.17, 15) is 4.79 Å². The number of rotatable bonds is 3. The molecule has 0 aliphatic rings. The Kier molecular flexibility index (Phi) is 3.42. The molecule has 2 N–H and O–H groups in total. The van der Waals surface area contributed by atoms with Crippen LogP contribution in [-0.4, -0.2) is 10.8 Å². The molecular formula is C15H16N2O. The fraction of sp³-hybridized carbons (Fsp3) is 0.200. The maximum Gasteiger partial charge on any atom is 0.170 e. The van der Waals surface area contributed by atoms with Crippen LogP contribution in [0.25, 0.3) is 0 Å². The number of hydrogen-bond donors (Lipinski definition) is 1. The zero-order chi connectivity index (χ0) is 13.1. The maximum atomic E-state index is 12.1.